The highest BCUT2D eigenvalue weighted by molar-refractivity contribution is 6.10. The molecule has 5 rings (SSSR count). The van der Waals surface area contributed by atoms with Crippen molar-refractivity contribution in [2.24, 2.45) is 13.0 Å². The lowest BCUT2D eigenvalue weighted by Crippen LogP contribution is -2.47. The molecule has 0 radical (unpaired) electrons. The predicted octanol–water partition coefficient (Wildman–Crippen LogP) is 4.73. The van der Waals surface area contributed by atoms with Crippen LogP contribution in [-0.2, 0) is 24.9 Å². The van der Waals surface area contributed by atoms with Gasteiger partial charge in [0.2, 0.25) is 0 Å². The van der Waals surface area contributed by atoms with Crippen LogP contribution in [0.2, 0.25) is 0 Å². The molecule has 2 aromatic carbocycles. The van der Waals surface area contributed by atoms with Crippen LogP contribution in [0.15, 0.2) is 73.1 Å². The van der Waals surface area contributed by atoms with Gasteiger partial charge in [-0.2, -0.15) is 0 Å². The Balaban J connectivity index is 1.58. The van der Waals surface area contributed by atoms with Crippen LogP contribution in [0.1, 0.15) is 35.5 Å². The third kappa shape index (κ3) is 5.48. The molecule has 1 aliphatic rings. The number of aromatic nitrogens is 2. The molecule has 0 saturated carbocycles. The molecule has 7 heteroatoms. The lowest BCUT2D eigenvalue weighted by atomic mass is 9.96. The van der Waals surface area contributed by atoms with E-state index in [0.29, 0.717) is 25.4 Å². The smallest absolute Gasteiger partial charge is 0.271 e. The summed E-state index contributed by atoms with van der Waals surface area (Å²) in [5, 5.41) is 11.2. The summed E-state index contributed by atoms with van der Waals surface area (Å²) in [5.41, 5.74) is 5.77. The number of hydrogen-bond donors (Lipinski definition) is 1. The van der Waals surface area contributed by atoms with E-state index in [2.05, 4.69) is 54.2 Å². The number of fused-ring (bicyclic) bond motifs is 5. The first-order valence-corrected chi connectivity index (χ1v) is 13.7. The molecule has 0 bridgehead atoms. The summed E-state index contributed by atoms with van der Waals surface area (Å²) in [4.78, 5) is 22.7. The molecular formula is C32H38N4O3. The molecule has 1 N–H and O–H groups in total. The Bertz CT molecular complexity index is 1430. The molecule has 0 spiro atoms. The van der Waals surface area contributed by atoms with E-state index in [9.17, 15) is 9.90 Å². The predicted molar refractivity (Wildman–Crippen MR) is 154 cm³/mol. The van der Waals surface area contributed by atoms with Crippen LogP contribution in [0.3, 0.4) is 0 Å². The molecule has 3 heterocycles. The number of benzene rings is 2. The van der Waals surface area contributed by atoms with Gasteiger partial charge in [0.05, 0.1) is 25.4 Å². The second-order valence-corrected chi connectivity index (χ2v) is 10.8. The molecule has 3 atom stereocenters. The van der Waals surface area contributed by atoms with Crippen LogP contribution in [0.4, 0.5) is 0 Å². The number of aliphatic hydroxyl groups excluding tert-OH is 1. The Labute approximate surface area is 230 Å². The van der Waals surface area contributed by atoms with Crippen molar-refractivity contribution in [1.82, 2.24) is 19.4 Å². The summed E-state index contributed by atoms with van der Waals surface area (Å²) in [5.74, 6) is -0.0426. The Morgan fingerprint density at radius 1 is 1.13 bits per heavy atom. The fraction of sp³-hybridized carbons (Fsp3) is 0.375. The number of ether oxygens (including phenoxy) is 1. The minimum Gasteiger partial charge on any atom is -0.394 e. The average Bonchev–Trinajstić information content (AvgIpc) is 3.24. The fourth-order valence-electron chi connectivity index (χ4n) is 5.70. The van der Waals surface area contributed by atoms with Gasteiger partial charge in [-0.05, 0) is 42.8 Å². The minimum absolute atomic E-state index is 0.0303. The SMILES string of the molecule is C[C@H](CO)N1C[C@H](C)[C@H](CN(C)Cc2cccnc2)OCc2ccccc2-c2c(n(C)c3ccccc23)C1=O. The van der Waals surface area contributed by atoms with E-state index in [1.165, 1.54) is 0 Å². The van der Waals surface area contributed by atoms with Gasteiger partial charge in [-0.3, -0.25) is 14.7 Å². The molecule has 0 fully saturated rings. The Morgan fingerprint density at radius 2 is 1.90 bits per heavy atom. The lowest BCUT2D eigenvalue weighted by Gasteiger charge is -2.35. The largest absolute Gasteiger partial charge is 0.394 e. The molecule has 1 amide bonds. The first kappa shape index (κ1) is 27.1. The van der Waals surface area contributed by atoms with Gasteiger partial charge in [0.25, 0.3) is 5.91 Å². The first-order valence-electron chi connectivity index (χ1n) is 13.7. The van der Waals surface area contributed by atoms with Gasteiger partial charge < -0.3 is 19.3 Å². The van der Waals surface area contributed by atoms with E-state index in [0.717, 1.165) is 39.7 Å². The van der Waals surface area contributed by atoms with Gasteiger partial charge in [0.15, 0.2) is 0 Å². The fourth-order valence-corrected chi connectivity index (χ4v) is 5.70. The number of carbonyl (C=O) groups is 1. The number of nitrogens with zero attached hydrogens (tertiary/aromatic N) is 4. The molecule has 0 aliphatic carbocycles. The summed E-state index contributed by atoms with van der Waals surface area (Å²) in [6.45, 7) is 6.31. The number of aliphatic hydroxyl groups is 1. The van der Waals surface area contributed by atoms with E-state index < -0.39 is 0 Å². The summed E-state index contributed by atoms with van der Waals surface area (Å²) in [6, 6.07) is 20.1. The molecule has 39 heavy (non-hydrogen) atoms. The first-order chi connectivity index (χ1) is 18.9. The van der Waals surface area contributed by atoms with Crippen LogP contribution >= 0.6 is 0 Å². The minimum atomic E-state index is -0.337. The number of rotatable bonds is 6. The van der Waals surface area contributed by atoms with E-state index in [1.807, 2.05) is 60.0 Å². The van der Waals surface area contributed by atoms with Gasteiger partial charge >= 0.3 is 0 Å². The monoisotopic (exact) mass is 526 g/mol. The van der Waals surface area contributed by atoms with Crippen molar-refractivity contribution < 1.29 is 14.6 Å². The summed E-state index contributed by atoms with van der Waals surface area (Å²) >= 11 is 0. The number of amides is 1. The van der Waals surface area contributed by atoms with Crippen molar-refractivity contribution in [3.8, 4) is 11.1 Å². The van der Waals surface area contributed by atoms with E-state index in [4.69, 9.17) is 4.74 Å². The van der Waals surface area contributed by atoms with Crippen LogP contribution in [0, 0.1) is 5.92 Å². The molecule has 4 aromatic rings. The third-order valence-corrected chi connectivity index (χ3v) is 7.89. The maximum atomic E-state index is 14.4. The Morgan fingerprint density at radius 3 is 2.67 bits per heavy atom. The van der Waals surface area contributed by atoms with Gasteiger partial charge in [0.1, 0.15) is 5.69 Å². The van der Waals surface area contributed by atoms with Crippen molar-refractivity contribution in [2.45, 2.75) is 39.1 Å². The molecule has 204 valence electrons. The molecule has 1 aliphatic heterocycles. The standard InChI is InChI=1S/C32H38N4O3/c1-22-17-36(23(2)20-37)32(38)31-30(27-13-7-8-14-28(27)35(31)4)26-12-6-5-11-25(26)21-39-29(22)19-34(3)18-24-10-9-15-33-16-24/h5-16,22-23,29,37H,17-21H2,1-4H3/t22-,23+,29-/m0/s1. The second-order valence-electron chi connectivity index (χ2n) is 10.8. The molecule has 0 unspecified atom stereocenters. The van der Waals surface area contributed by atoms with Crippen molar-refractivity contribution >= 4 is 16.8 Å². The zero-order chi connectivity index (χ0) is 27.5. The van der Waals surface area contributed by atoms with Crippen LogP contribution < -0.4 is 0 Å². The number of hydrogen-bond acceptors (Lipinski definition) is 5. The zero-order valence-corrected chi connectivity index (χ0v) is 23.2. The highest BCUT2D eigenvalue weighted by Crippen LogP contribution is 2.38. The third-order valence-electron chi connectivity index (χ3n) is 7.89. The van der Waals surface area contributed by atoms with Crippen LogP contribution in [-0.4, -0.2) is 69.3 Å². The number of carbonyl (C=O) groups excluding carboxylic acids is 1. The maximum absolute atomic E-state index is 14.4. The van der Waals surface area contributed by atoms with Crippen LogP contribution in [0.25, 0.3) is 22.0 Å². The zero-order valence-electron chi connectivity index (χ0n) is 23.2. The highest BCUT2D eigenvalue weighted by Gasteiger charge is 2.33. The maximum Gasteiger partial charge on any atom is 0.271 e. The normalized spacial score (nSPS) is 19.0. The van der Waals surface area contributed by atoms with E-state index in [-0.39, 0.29) is 30.6 Å². The topological polar surface area (TPSA) is 70.8 Å². The van der Waals surface area contributed by atoms with Gasteiger partial charge in [-0.15, -0.1) is 0 Å². The second kappa shape index (κ2) is 11.7. The van der Waals surface area contributed by atoms with E-state index >= 15 is 0 Å². The lowest BCUT2D eigenvalue weighted by molar-refractivity contribution is -0.0242. The molecule has 2 aromatic heterocycles. The van der Waals surface area contributed by atoms with Crippen molar-refractivity contribution in [2.75, 3.05) is 26.7 Å². The molecule has 0 saturated heterocycles. The average molecular weight is 527 g/mol. The summed E-state index contributed by atoms with van der Waals surface area (Å²) in [7, 11) is 4.04. The van der Waals surface area contributed by atoms with Crippen LogP contribution in [0.5, 0.6) is 0 Å². The van der Waals surface area contributed by atoms with Crippen molar-refractivity contribution in [1.29, 1.82) is 0 Å². The van der Waals surface area contributed by atoms with Gasteiger partial charge in [-0.1, -0.05) is 55.5 Å². The Kier molecular flexibility index (Phi) is 8.12. The van der Waals surface area contributed by atoms with Crippen molar-refractivity contribution in [3.63, 3.8) is 0 Å². The number of para-hydroxylation sites is 1. The number of pyridine rings is 1. The quantitative estimate of drug-likeness (QED) is 0.393. The number of likely N-dealkylation sites (N-methyl/N-ethyl adjacent to an activating group) is 1. The van der Waals surface area contributed by atoms with Crippen molar-refractivity contribution in [3.05, 3.63) is 89.9 Å². The highest BCUT2D eigenvalue weighted by atomic mass is 16.5. The van der Waals surface area contributed by atoms with Gasteiger partial charge in [0, 0.05) is 61.5 Å². The molecule has 7 nitrogen and oxygen atoms in total. The molecular weight excluding hydrogens is 488 g/mol. The summed E-state index contributed by atoms with van der Waals surface area (Å²) in [6.07, 6.45) is 3.55. The van der Waals surface area contributed by atoms with E-state index in [1.54, 1.807) is 6.20 Å². The Hall–Kier alpha value is -3.52. The summed E-state index contributed by atoms with van der Waals surface area (Å²) < 4.78 is 8.69. The number of aryl methyl sites for hydroxylation is 1. The van der Waals surface area contributed by atoms with Gasteiger partial charge in [-0.25, -0.2) is 0 Å².